The molecule has 0 spiro atoms. The van der Waals surface area contributed by atoms with Crippen LogP contribution in [0, 0.1) is 0 Å². The van der Waals surface area contributed by atoms with Crippen LogP contribution in [-0.4, -0.2) is 5.11 Å². The monoisotopic (exact) mass is 464 g/mol. The Labute approximate surface area is 189 Å². The number of aliphatic hydroxyl groups excluding tert-OH is 1. The van der Waals surface area contributed by atoms with Gasteiger partial charge in [0, 0.05) is 4.47 Å². The van der Waals surface area contributed by atoms with Gasteiger partial charge in [0.2, 0.25) is 0 Å². The lowest BCUT2D eigenvalue weighted by atomic mass is 9.97. The molecule has 6 aromatic carbocycles. The van der Waals surface area contributed by atoms with Crippen LogP contribution < -0.4 is 0 Å². The average Bonchev–Trinajstić information content (AvgIpc) is 2.83. The van der Waals surface area contributed by atoms with Crippen LogP contribution in [0.3, 0.4) is 0 Å². The zero-order chi connectivity index (χ0) is 21.2. The molecule has 31 heavy (non-hydrogen) atoms. The molecule has 0 unspecified atom stereocenters. The van der Waals surface area contributed by atoms with Crippen molar-refractivity contribution < 1.29 is 5.11 Å². The van der Waals surface area contributed by atoms with Gasteiger partial charge in [-0.05, 0) is 76.7 Å². The van der Waals surface area contributed by atoms with E-state index in [0.717, 1.165) is 16.3 Å². The normalized spacial score (nSPS) is 11.0. The lowest BCUT2D eigenvalue weighted by molar-refractivity contribution is 0.285. The first kappa shape index (κ1) is 19.7. The molecule has 0 aliphatic heterocycles. The highest BCUT2D eigenvalue weighted by Gasteiger charge is 2.05. The maximum Gasteiger partial charge on any atom is 0.0693 e. The van der Waals surface area contributed by atoms with Crippen LogP contribution in [0.15, 0.2) is 114 Å². The molecule has 0 aromatic heterocycles. The topological polar surface area (TPSA) is 20.2 Å². The summed E-state index contributed by atoms with van der Waals surface area (Å²) >= 11 is 3.68. The molecular formula is C29H21BrO. The van der Waals surface area contributed by atoms with Gasteiger partial charge in [0.05, 0.1) is 6.61 Å². The van der Waals surface area contributed by atoms with Crippen molar-refractivity contribution in [3.63, 3.8) is 0 Å². The van der Waals surface area contributed by atoms with Gasteiger partial charge in [0.1, 0.15) is 0 Å². The van der Waals surface area contributed by atoms with Gasteiger partial charge in [0.15, 0.2) is 0 Å². The molecule has 6 aromatic rings. The van der Waals surface area contributed by atoms with Crippen LogP contribution >= 0.6 is 15.9 Å². The second-order valence-electron chi connectivity index (χ2n) is 7.59. The standard InChI is InChI=1S/C15H12O.C14H9Br/c16-10-15-13-7-3-1-5-11(13)9-12-6-2-4-8-14(12)15;15-14-12-7-3-1-5-10(12)9-11-6-2-4-8-13(11)14/h1-9,16H,10H2;1-9H. The zero-order valence-corrected chi connectivity index (χ0v) is 18.5. The van der Waals surface area contributed by atoms with E-state index >= 15 is 0 Å². The predicted molar refractivity (Wildman–Crippen MR) is 137 cm³/mol. The van der Waals surface area contributed by atoms with Crippen molar-refractivity contribution >= 4 is 59.0 Å². The molecule has 0 radical (unpaired) electrons. The molecule has 0 heterocycles. The molecule has 6 rings (SSSR count). The first-order valence-electron chi connectivity index (χ1n) is 10.3. The molecule has 0 saturated carbocycles. The Morgan fingerprint density at radius 1 is 0.484 bits per heavy atom. The average molecular weight is 465 g/mol. The minimum absolute atomic E-state index is 0.0852. The van der Waals surface area contributed by atoms with Gasteiger partial charge in [-0.15, -0.1) is 0 Å². The van der Waals surface area contributed by atoms with Crippen molar-refractivity contribution in [2.75, 3.05) is 0 Å². The first-order valence-corrected chi connectivity index (χ1v) is 11.1. The molecule has 0 saturated heterocycles. The van der Waals surface area contributed by atoms with Gasteiger partial charge < -0.3 is 5.11 Å². The van der Waals surface area contributed by atoms with Gasteiger partial charge >= 0.3 is 0 Å². The number of hydrogen-bond acceptors (Lipinski definition) is 1. The van der Waals surface area contributed by atoms with E-state index in [9.17, 15) is 5.11 Å². The van der Waals surface area contributed by atoms with Gasteiger partial charge in [-0.25, -0.2) is 0 Å². The molecule has 0 fully saturated rings. The van der Waals surface area contributed by atoms with Gasteiger partial charge in [-0.1, -0.05) is 97.1 Å². The van der Waals surface area contributed by atoms with Crippen molar-refractivity contribution in [3.05, 3.63) is 119 Å². The second-order valence-corrected chi connectivity index (χ2v) is 8.38. The van der Waals surface area contributed by atoms with E-state index in [1.807, 2.05) is 24.3 Å². The van der Waals surface area contributed by atoms with Crippen LogP contribution in [0.4, 0.5) is 0 Å². The summed E-state index contributed by atoms with van der Waals surface area (Å²) in [5.41, 5.74) is 1.02. The molecule has 150 valence electrons. The third-order valence-corrected chi connectivity index (χ3v) is 6.60. The Balaban J connectivity index is 0.000000132. The fraction of sp³-hybridized carbons (Fsp3) is 0.0345. The van der Waals surface area contributed by atoms with Gasteiger partial charge in [0.25, 0.3) is 0 Å². The largest absolute Gasteiger partial charge is 0.392 e. The number of benzene rings is 6. The van der Waals surface area contributed by atoms with Crippen LogP contribution in [-0.2, 0) is 6.61 Å². The van der Waals surface area contributed by atoms with Crippen molar-refractivity contribution in [1.29, 1.82) is 0 Å². The van der Waals surface area contributed by atoms with Crippen LogP contribution in [0.2, 0.25) is 0 Å². The highest BCUT2D eigenvalue weighted by Crippen LogP contribution is 2.32. The number of halogens is 1. The van der Waals surface area contributed by atoms with Crippen molar-refractivity contribution in [3.8, 4) is 0 Å². The summed E-state index contributed by atoms with van der Waals surface area (Å²) in [4.78, 5) is 0. The quantitative estimate of drug-likeness (QED) is 0.243. The Bertz CT molecular complexity index is 1430. The highest BCUT2D eigenvalue weighted by atomic mass is 79.9. The Morgan fingerprint density at radius 3 is 1.19 bits per heavy atom. The predicted octanol–water partition coefficient (Wildman–Crippen LogP) is 8.24. The summed E-state index contributed by atoms with van der Waals surface area (Å²) < 4.78 is 1.19. The zero-order valence-electron chi connectivity index (χ0n) is 16.9. The summed E-state index contributed by atoms with van der Waals surface area (Å²) in [7, 11) is 0. The summed E-state index contributed by atoms with van der Waals surface area (Å²) in [5, 5.41) is 19.3. The third-order valence-electron chi connectivity index (χ3n) is 5.75. The number of fused-ring (bicyclic) bond motifs is 4. The lowest BCUT2D eigenvalue weighted by Crippen LogP contribution is -1.88. The Morgan fingerprint density at radius 2 is 0.806 bits per heavy atom. The second kappa shape index (κ2) is 8.50. The molecule has 2 heteroatoms. The van der Waals surface area contributed by atoms with E-state index in [1.54, 1.807) is 0 Å². The van der Waals surface area contributed by atoms with Gasteiger partial charge in [-0.3, -0.25) is 0 Å². The van der Waals surface area contributed by atoms with E-state index in [4.69, 9.17) is 0 Å². The van der Waals surface area contributed by atoms with Crippen LogP contribution in [0.1, 0.15) is 5.56 Å². The van der Waals surface area contributed by atoms with E-state index in [1.165, 1.54) is 36.8 Å². The fourth-order valence-electron chi connectivity index (χ4n) is 4.24. The molecule has 1 N–H and O–H groups in total. The minimum Gasteiger partial charge on any atom is -0.392 e. The third kappa shape index (κ3) is 3.69. The summed E-state index contributed by atoms with van der Waals surface area (Å²) in [6.07, 6.45) is 0. The molecule has 0 bridgehead atoms. The fourth-order valence-corrected chi connectivity index (χ4v) is 4.96. The van der Waals surface area contributed by atoms with Crippen molar-refractivity contribution in [2.45, 2.75) is 6.61 Å². The first-order chi connectivity index (χ1) is 15.3. The summed E-state index contributed by atoms with van der Waals surface area (Å²) in [5.74, 6) is 0. The van der Waals surface area contributed by atoms with Crippen molar-refractivity contribution in [2.24, 2.45) is 0 Å². The van der Waals surface area contributed by atoms with Gasteiger partial charge in [-0.2, -0.15) is 0 Å². The lowest BCUT2D eigenvalue weighted by Gasteiger charge is -2.08. The molecule has 0 amide bonds. The van der Waals surface area contributed by atoms with Crippen LogP contribution in [0.5, 0.6) is 0 Å². The number of rotatable bonds is 1. The van der Waals surface area contributed by atoms with E-state index < -0.39 is 0 Å². The highest BCUT2D eigenvalue weighted by molar-refractivity contribution is 9.10. The molecule has 1 nitrogen and oxygen atoms in total. The summed E-state index contributed by atoms with van der Waals surface area (Å²) in [6.45, 7) is 0.0852. The van der Waals surface area contributed by atoms with Crippen LogP contribution in [0.25, 0.3) is 43.1 Å². The molecule has 0 atom stereocenters. The van der Waals surface area contributed by atoms with Crippen molar-refractivity contribution in [1.82, 2.24) is 0 Å². The van der Waals surface area contributed by atoms with E-state index in [-0.39, 0.29) is 6.61 Å². The smallest absolute Gasteiger partial charge is 0.0693 e. The Hall–Kier alpha value is -3.20. The maximum absolute atomic E-state index is 9.53. The SMILES string of the molecule is Brc1c2ccccc2cc2ccccc12.OCc1c2ccccc2cc2ccccc12. The number of aliphatic hydroxyl groups is 1. The minimum atomic E-state index is 0.0852. The molecular weight excluding hydrogens is 444 g/mol. The Kier molecular flexibility index (Phi) is 5.42. The molecule has 0 aliphatic rings. The van der Waals surface area contributed by atoms with E-state index in [2.05, 4.69) is 101 Å². The molecule has 0 aliphatic carbocycles. The summed E-state index contributed by atoms with van der Waals surface area (Å²) in [6, 6.07) is 37.6. The number of hydrogen-bond donors (Lipinski definition) is 1. The van der Waals surface area contributed by atoms with E-state index in [0.29, 0.717) is 0 Å². The maximum atomic E-state index is 9.53.